The van der Waals surface area contributed by atoms with E-state index in [1.165, 1.54) is 17.7 Å². The Hall–Kier alpha value is -1.84. The standard InChI is InChI=1S/C14H16Cl2N2O7/c1-7-5-18(14(22)17-13(7)21)10-2-8(25-12(20)4-16)9(24-10)6-23-11(19)3-15/h5,8-10H,2-4,6H2,1H3,(H,17,21,22)/t8-,9+,10+/m0/s1. The maximum absolute atomic E-state index is 12.0. The number of aryl methyl sites for hydroxylation is 1. The molecular formula is C14H16Cl2N2O7. The summed E-state index contributed by atoms with van der Waals surface area (Å²) in [6, 6.07) is 0. The van der Waals surface area contributed by atoms with E-state index < -0.39 is 41.6 Å². The average Bonchev–Trinajstić information content (AvgIpc) is 2.98. The topological polar surface area (TPSA) is 117 Å². The van der Waals surface area contributed by atoms with Gasteiger partial charge in [0.05, 0.1) is 0 Å². The van der Waals surface area contributed by atoms with Crippen molar-refractivity contribution in [3.8, 4) is 0 Å². The third-order valence-electron chi connectivity index (χ3n) is 3.55. The summed E-state index contributed by atoms with van der Waals surface area (Å²) in [7, 11) is 0. The van der Waals surface area contributed by atoms with Crippen LogP contribution in [0.2, 0.25) is 0 Å². The molecule has 0 saturated carbocycles. The molecule has 0 unspecified atom stereocenters. The lowest BCUT2D eigenvalue weighted by Gasteiger charge is -2.18. The van der Waals surface area contributed by atoms with Gasteiger partial charge in [-0.3, -0.25) is 23.9 Å². The van der Waals surface area contributed by atoms with E-state index in [1.807, 2.05) is 0 Å². The lowest BCUT2D eigenvalue weighted by Crippen LogP contribution is -2.33. The number of esters is 2. The Bertz CT molecular complexity index is 760. The number of ether oxygens (including phenoxy) is 3. The predicted molar refractivity (Wildman–Crippen MR) is 86.9 cm³/mol. The minimum atomic E-state index is -0.809. The molecule has 3 atom stereocenters. The molecule has 1 saturated heterocycles. The number of alkyl halides is 2. The van der Waals surface area contributed by atoms with E-state index in [2.05, 4.69) is 4.98 Å². The van der Waals surface area contributed by atoms with E-state index in [1.54, 1.807) is 0 Å². The van der Waals surface area contributed by atoms with Gasteiger partial charge in [0, 0.05) is 18.2 Å². The Labute approximate surface area is 151 Å². The molecule has 1 aromatic rings. The van der Waals surface area contributed by atoms with Crippen LogP contribution in [0.25, 0.3) is 0 Å². The van der Waals surface area contributed by atoms with E-state index in [-0.39, 0.29) is 24.8 Å². The highest BCUT2D eigenvalue weighted by Gasteiger charge is 2.40. The van der Waals surface area contributed by atoms with Crippen molar-refractivity contribution in [3.05, 3.63) is 32.6 Å². The van der Waals surface area contributed by atoms with Crippen molar-refractivity contribution >= 4 is 35.1 Å². The number of hydrogen-bond acceptors (Lipinski definition) is 7. The highest BCUT2D eigenvalue weighted by molar-refractivity contribution is 6.26. The molecule has 11 heteroatoms. The number of aromatic amines is 1. The molecule has 2 rings (SSSR count). The third-order valence-corrected chi connectivity index (χ3v) is 3.98. The minimum absolute atomic E-state index is 0.122. The van der Waals surface area contributed by atoms with E-state index in [9.17, 15) is 19.2 Å². The van der Waals surface area contributed by atoms with Gasteiger partial charge in [-0.05, 0) is 6.92 Å². The van der Waals surface area contributed by atoms with Crippen LogP contribution in [0.15, 0.2) is 15.8 Å². The van der Waals surface area contributed by atoms with Crippen molar-refractivity contribution in [2.24, 2.45) is 0 Å². The summed E-state index contributed by atoms with van der Waals surface area (Å²) in [5.41, 5.74) is -0.854. The van der Waals surface area contributed by atoms with Gasteiger partial charge < -0.3 is 14.2 Å². The van der Waals surface area contributed by atoms with Gasteiger partial charge in [-0.15, -0.1) is 23.2 Å². The second-order valence-electron chi connectivity index (χ2n) is 5.32. The first kappa shape index (κ1) is 19.5. The summed E-state index contributed by atoms with van der Waals surface area (Å²) in [6.45, 7) is 1.33. The number of nitrogens with zero attached hydrogens (tertiary/aromatic N) is 1. The van der Waals surface area contributed by atoms with E-state index in [0.717, 1.165) is 0 Å². The van der Waals surface area contributed by atoms with Crippen molar-refractivity contribution in [2.75, 3.05) is 18.4 Å². The molecule has 0 spiro atoms. The number of rotatable bonds is 6. The SMILES string of the molecule is Cc1cn([C@H]2C[C@H](OC(=O)CCl)[C@@H](COC(=O)CCl)O2)c(=O)[nH]c1=O. The van der Waals surface area contributed by atoms with Crippen LogP contribution in [-0.4, -0.2) is 52.1 Å². The first-order valence-corrected chi connectivity index (χ1v) is 8.37. The summed E-state index contributed by atoms with van der Waals surface area (Å²) in [4.78, 5) is 48.3. The Morgan fingerprint density at radius 2 is 2.00 bits per heavy atom. The fraction of sp³-hybridized carbons (Fsp3) is 0.571. The number of carbonyl (C=O) groups is 2. The van der Waals surface area contributed by atoms with Crippen LogP contribution in [0.1, 0.15) is 18.2 Å². The Balaban J connectivity index is 2.20. The van der Waals surface area contributed by atoms with Crippen LogP contribution in [0.3, 0.4) is 0 Å². The second-order valence-corrected chi connectivity index (χ2v) is 5.86. The van der Waals surface area contributed by atoms with E-state index in [4.69, 9.17) is 37.4 Å². The smallest absolute Gasteiger partial charge is 0.330 e. The van der Waals surface area contributed by atoms with Crippen molar-refractivity contribution < 1.29 is 23.8 Å². The molecule has 2 heterocycles. The molecule has 25 heavy (non-hydrogen) atoms. The molecule has 9 nitrogen and oxygen atoms in total. The minimum Gasteiger partial charge on any atom is -0.462 e. The molecule has 0 radical (unpaired) electrons. The average molecular weight is 395 g/mol. The summed E-state index contributed by atoms with van der Waals surface area (Å²) >= 11 is 10.8. The molecule has 0 aliphatic carbocycles. The van der Waals surface area contributed by atoms with Gasteiger partial charge in [0.15, 0.2) is 0 Å². The maximum atomic E-state index is 12.0. The van der Waals surface area contributed by atoms with Crippen molar-refractivity contribution in [2.45, 2.75) is 31.8 Å². The summed E-state index contributed by atoms with van der Waals surface area (Å²) in [5.74, 6) is -2.02. The Morgan fingerprint density at radius 1 is 1.32 bits per heavy atom. The lowest BCUT2D eigenvalue weighted by molar-refractivity contribution is -0.155. The van der Waals surface area contributed by atoms with E-state index in [0.29, 0.717) is 5.56 Å². The zero-order valence-corrected chi connectivity index (χ0v) is 14.7. The van der Waals surface area contributed by atoms with Crippen LogP contribution in [0.4, 0.5) is 0 Å². The Kier molecular flexibility index (Phi) is 6.63. The molecule has 0 amide bonds. The number of H-pyrrole nitrogens is 1. The van der Waals surface area contributed by atoms with Crippen molar-refractivity contribution in [3.63, 3.8) is 0 Å². The quantitative estimate of drug-likeness (QED) is 0.535. The summed E-state index contributed by atoms with van der Waals surface area (Å²) in [5, 5.41) is 0. The molecular weight excluding hydrogens is 379 g/mol. The number of nitrogens with one attached hydrogen (secondary N) is 1. The number of carbonyl (C=O) groups excluding carboxylic acids is 2. The van der Waals surface area contributed by atoms with Crippen LogP contribution in [0, 0.1) is 6.92 Å². The van der Waals surface area contributed by atoms with Gasteiger partial charge in [-0.2, -0.15) is 0 Å². The van der Waals surface area contributed by atoms with Gasteiger partial charge >= 0.3 is 17.6 Å². The Morgan fingerprint density at radius 3 is 2.64 bits per heavy atom. The predicted octanol–water partition coefficient (Wildman–Crippen LogP) is 0.0651. The monoisotopic (exact) mass is 394 g/mol. The largest absolute Gasteiger partial charge is 0.462 e. The van der Waals surface area contributed by atoms with Crippen molar-refractivity contribution in [1.29, 1.82) is 0 Å². The molecule has 1 fully saturated rings. The lowest BCUT2D eigenvalue weighted by atomic mass is 10.2. The first-order valence-electron chi connectivity index (χ1n) is 7.30. The van der Waals surface area contributed by atoms with Gasteiger partial charge in [0.1, 0.15) is 36.8 Å². The highest BCUT2D eigenvalue weighted by atomic mass is 35.5. The summed E-state index contributed by atoms with van der Waals surface area (Å²) in [6.07, 6.45) is -0.922. The van der Waals surface area contributed by atoms with E-state index >= 15 is 0 Å². The van der Waals surface area contributed by atoms with Gasteiger partial charge in [-0.25, -0.2) is 4.79 Å². The van der Waals surface area contributed by atoms with Crippen LogP contribution in [-0.2, 0) is 23.8 Å². The number of hydrogen-bond donors (Lipinski definition) is 1. The van der Waals surface area contributed by atoms with Gasteiger partial charge in [0.25, 0.3) is 5.56 Å². The molecule has 0 bridgehead atoms. The van der Waals surface area contributed by atoms with Crippen LogP contribution < -0.4 is 11.2 Å². The first-order chi connectivity index (χ1) is 11.8. The highest BCUT2D eigenvalue weighted by Crippen LogP contribution is 2.30. The number of aromatic nitrogens is 2. The molecule has 0 aromatic carbocycles. The fourth-order valence-corrected chi connectivity index (χ4v) is 2.50. The summed E-state index contributed by atoms with van der Waals surface area (Å²) < 4.78 is 16.9. The fourth-order valence-electron chi connectivity index (χ4n) is 2.36. The number of halogens is 2. The molecule has 138 valence electrons. The zero-order chi connectivity index (χ0) is 18.6. The van der Waals surface area contributed by atoms with Crippen LogP contribution in [0.5, 0.6) is 0 Å². The maximum Gasteiger partial charge on any atom is 0.330 e. The third kappa shape index (κ3) is 4.83. The zero-order valence-electron chi connectivity index (χ0n) is 13.2. The molecule has 1 N–H and O–H groups in total. The second kappa shape index (κ2) is 8.50. The van der Waals surface area contributed by atoms with Crippen LogP contribution >= 0.6 is 23.2 Å². The molecule has 1 aliphatic heterocycles. The molecule has 1 aliphatic rings. The van der Waals surface area contributed by atoms with Gasteiger partial charge in [0.2, 0.25) is 0 Å². The molecule has 1 aromatic heterocycles. The van der Waals surface area contributed by atoms with Crippen molar-refractivity contribution in [1.82, 2.24) is 9.55 Å². The van der Waals surface area contributed by atoms with Gasteiger partial charge in [-0.1, -0.05) is 0 Å². The normalized spacial score (nSPS) is 22.6.